The summed E-state index contributed by atoms with van der Waals surface area (Å²) < 4.78 is 0. The molecule has 0 saturated carbocycles. The summed E-state index contributed by atoms with van der Waals surface area (Å²) in [6, 6.07) is 14.0. The number of carbonyl (C=O) groups excluding carboxylic acids is 3. The van der Waals surface area contributed by atoms with E-state index in [-0.39, 0.29) is 35.4 Å². The van der Waals surface area contributed by atoms with Gasteiger partial charge >= 0.3 is 0 Å². The van der Waals surface area contributed by atoms with Crippen molar-refractivity contribution in [2.24, 2.45) is 0 Å². The van der Waals surface area contributed by atoms with Crippen LogP contribution in [0.15, 0.2) is 48.5 Å². The quantitative estimate of drug-likeness (QED) is 0.839. The molecule has 1 fully saturated rings. The normalized spacial score (nSPS) is 15.2. The molecule has 0 bridgehead atoms. The number of amides is 3. The van der Waals surface area contributed by atoms with Crippen molar-refractivity contribution in [3.8, 4) is 0 Å². The van der Waals surface area contributed by atoms with Gasteiger partial charge in [-0.1, -0.05) is 53.7 Å². The molecule has 0 aliphatic carbocycles. The third-order valence-electron chi connectivity index (χ3n) is 4.09. The van der Waals surface area contributed by atoms with Crippen LogP contribution in [0.5, 0.6) is 0 Å². The first kappa shape index (κ1) is 18.5. The lowest BCUT2D eigenvalue weighted by molar-refractivity contribution is -0.125. The van der Waals surface area contributed by atoms with Crippen molar-refractivity contribution in [1.82, 2.24) is 10.2 Å². The minimum Gasteiger partial charge on any atom is -0.345 e. The standard InChI is InChI=1S/C19H17ClN2O3S/c1-12(15-7-2-3-8-16(15)20)21-18(24)14-6-4-5-13(9-14)10-22-17(23)11-26-19(22)25/h2-9,12H,10-11H2,1H3,(H,21,24). The number of rotatable bonds is 5. The van der Waals surface area contributed by atoms with E-state index < -0.39 is 0 Å². The second-order valence-corrected chi connectivity index (χ2v) is 7.29. The number of halogens is 1. The summed E-state index contributed by atoms with van der Waals surface area (Å²) in [6.45, 7) is 2.04. The molecule has 5 nitrogen and oxygen atoms in total. The van der Waals surface area contributed by atoms with Crippen molar-refractivity contribution in [3.63, 3.8) is 0 Å². The van der Waals surface area contributed by atoms with Gasteiger partial charge in [0.1, 0.15) is 0 Å². The van der Waals surface area contributed by atoms with E-state index in [4.69, 9.17) is 11.6 Å². The molecule has 3 rings (SSSR count). The Morgan fingerprint density at radius 2 is 2.00 bits per heavy atom. The van der Waals surface area contributed by atoms with E-state index in [2.05, 4.69) is 5.32 Å². The number of imide groups is 1. The molecule has 0 radical (unpaired) electrons. The van der Waals surface area contributed by atoms with E-state index in [1.807, 2.05) is 25.1 Å². The predicted octanol–water partition coefficient (Wildman–Crippen LogP) is 4.03. The van der Waals surface area contributed by atoms with Gasteiger partial charge in [-0.05, 0) is 36.2 Å². The maximum absolute atomic E-state index is 12.6. The highest BCUT2D eigenvalue weighted by atomic mass is 35.5. The molecule has 1 aliphatic heterocycles. The highest BCUT2D eigenvalue weighted by molar-refractivity contribution is 8.14. The van der Waals surface area contributed by atoms with Crippen molar-refractivity contribution in [2.75, 3.05) is 5.75 Å². The van der Waals surface area contributed by atoms with Gasteiger partial charge < -0.3 is 5.32 Å². The molecule has 1 saturated heterocycles. The van der Waals surface area contributed by atoms with Crippen LogP contribution in [0.25, 0.3) is 0 Å². The third-order valence-corrected chi connectivity index (χ3v) is 5.29. The van der Waals surface area contributed by atoms with Crippen molar-refractivity contribution >= 4 is 40.4 Å². The van der Waals surface area contributed by atoms with Gasteiger partial charge in [-0.2, -0.15) is 0 Å². The molecule has 2 aromatic rings. The molecular formula is C19H17ClN2O3S. The van der Waals surface area contributed by atoms with E-state index in [1.54, 1.807) is 30.3 Å². The van der Waals surface area contributed by atoms with Crippen molar-refractivity contribution in [2.45, 2.75) is 19.5 Å². The van der Waals surface area contributed by atoms with Gasteiger partial charge in [0.15, 0.2) is 0 Å². The molecule has 1 atom stereocenters. The van der Waals surface area contributed by atoms with Crippen LogP contribution in [0.3, 0.4) is 0 Å². The summed E-state index contributed by atoms with van der Waals surface area (Å²) in [5, 5.41) is 3.26. The zero-order chi connectivity index (χ0) is 18.7. The first-order valence-electron chi connectivity index (χ1n) is 8.07. The van der Waals surface area contributed by atoms with Crippen LogP contribution in [0.1, 0.15) is 34.5 Å². The molecule has 1 unspecified atom stereocenters. The molecule has 0 aromatic heterocycles. The average molecular weight is 389 g/mol. The van der Waals surface area contributed by atoms with Gasteiger partial charge in [-0.3, -0.25) is 19.3 Å². The second kappa shape index (κ2) is 7.93. The van der Waals surface area contributed by atoms with E-state index in [1.165, 1.54) is 4.90 Å². The monoisotopic (exact) mass is 388 g/mol. The molecule has 3 amide bonds. The number of benzene rings is 2. The number of thioether (sulfide) groups is 1. The first-order valence-corrected chi connectivity index (χ1v) is 9.43. The fraction of sp³-hybridized carbons (Fsp3) is 0.211. The molecule has 1 aliphatic rings. The van der Waals surface area contributed by atoms with Crippen LogP contribution >= 0.6 is 23.4 Å². The van der Waals surface area contributed by atoms with Crippen LogP contribution in [0.4, 0.5) is 4.79 Å². The predicted molar refractivity (Wildman–Crippen MR) is 102 cm³/mol. The Bertz CT molecular complexity index is 855. The molecule has 7 heteroatoms. The zero-order valence-electron chi connectivity index (χ0n) is 14.1. The van der Waals surface area contributed by atoms with Crippen LogP contribution in [0, 0.1) is 0 Å². The van der Waals surface area contributed by atoms with Gasteiger partial charge in [0.05, 0.1) is 18.3 Å². The largest absolute Gasteiger partial charge is 0.345 e. The van der Waals surface area contributed by atoms with E-state index in [0.717, 1.165) is 22.9 Å². The highest BCUT2D eigenvalue weighted by Crippen LogP contribution is 2.23. The Kier molecular flexibility index (Phi) is 5.64. The van der Waals surface area contributed by atoms with Crippen LogP contribution in [0.2, 0.25) is 5.02 Å². The molecule has 134 valence electrons. The average Bonchev–Trinajstić information content (AvgIpc) is 2.94. The summed E-state index contributed by atoms with van der Waals surface area (Å²) in [4.78, 5) is 37.2. The molecule has 26 heavy (non-hydrogen) atoms. The van der Waals surface area contributed by atoms with Crippen molar-refractivity contribution in [1.29, 1.82) is 0 Å². The maximum Gasteiger partial charge on any atom is 0.289 e. The Balaban J connectivity index is 1.71. The summed E-state index contributed by atoms with van der Waals surface area (Å²) >= 11 is 7.17. The van der Waals surface area contributed by atoms with Crippen molar-refractivity contribution < 1.29 is 14.4 Å². The van der Waals surface area contributed by atoms with Gasteiger partial charge in [0.2, 0.25) is 5.91 Å². The smallest absolute Gasteiger partial charge is 0.289 e. The van der Waals surface area contributed by atoms with Crippen molar-refractivity contribution in [3.05, 3.63) is 70.2 Å². The third kappa shape index (κ3) is 4.08. The zero-order valence-corrected chi connectivity index (χ0v) is 15.6. The Morgan fingerprint density at radius 3 is 2.69 bits per heavy atom. The van der Waals surface area contributed by atoms with Crippen LogP contribution in [-0.4, -0.2) is 27.7 Å². The second-order valence-electron chi connectivity index (χ2n) is 5.95. The lowest BCUT2D eigenvalue weighted by atomic mass is 10.1. The van der Waals surface area contributed by atoms with Gasteiger partial charge in [0.25, 0.3) is 11.1 Å². The summed E-state index contributed by atoms with van der Waals surface area (Å²) in [6.07, 6.45) is 0. The van der Waals surface area contributed by atoms with Crippen LogP contribution < -0.4 is 5.32 Å². The fourth-order valence-corrected chi connectivity index (χ4v) is 3.74. The fourth-order valence-electron chi connectivity index (χ4n) is 2.71. The number of carbonyl (C=O) groups is 3. The maximum atomic E-state index is 12.6. The van der Waals surface area contributed by atoms with E-state index in [0.29, 0.717) is 10.6 Å². The SMILES string of the molecule is CC(NC(=O)c1cccc(CN2C(=O)CSC2=O)c1)c1ccccc1Cl. The summed E-state index contributed by atoms with van der Waals surface area (Å²) in [7, 11) is 0. The lowest BCUT2D eigenvalue weighted by Crippen LogP contribution is -2.29. The first-order chi connectivity index (χ1) is 12.5. The number of hydrogen-bond donors (Lipinski definition) is 1. The minimum absolute atomic E-state index is 0.172. The van der Waals surface area contributed by atoms with Gasteiger partial charge in [-0.15, -0.1) is 0 Å². The minimum atomic E-state index is -0.253. The Labute approximate surface area is 160 Å². The van der Waals surface area contributed by atoms with Crippen LogP contribution in [-0.2, 0) is 11.3 Å². The number of hydrogen-bond acceptors (Lipinski definition) is 4. The lowest BCUT2D eigenvalue weighted by Gasteiger charge is -2.17. The highest BCUT2D eigenvalue weighted by Gasteiger charge is 2.29. The van der Waals surface area contributed by atoms with E-state index >= 15 is 0 Å². The van der Waals surface area contributed by atoms with Gasteiger partial charge in [0, 0.05) is 10.6 Å². The number of nitrogens with one attached hydrogen (secondary N) is 1. The molecule has 0 spiro atoms. The van der Waals surface area contributed by atoms with Gasteiger partial charge in [-0.25, -0.2) is 0 Å². The van der Waals surface area contributed by atoms with E-state index in [9.17, 15) is 14.4 Å². The number of nitrogens with zero attached hydrogens (tertiary/aromatic N) is 1. The molecular weight excluding hydrogens is 372 g/mol. The molecule has 2 aromatic carbocycles. The summed E-state index contributed by atoms with van der Waals surface area (Å²) in [5.74, 6) is -0.274. The molecule has 1 N–H and O–H groups in total. The Hall–Kier alpha value is -2.31. The Morgan fingerprint density at radius 1 is 1.23 bits per heavy atom. The topological polar surface area (TPSA) is 66.5 Å². The summed E-state index contributed by atoms with van der Waals surface area (Å²) in [5.41, 5.74) is 2.03. The molecule has 1 heterocycles.